The molecule has 1 fully saturated rings. The second kappa shape index (κ2) is 7.85. The first-order chi connectivity index (χ1) is 11.0. The number of hydrogen-bond acceptors (Lipinski definition) is 3. The SMILES string of the molecule is CCNC(=NCc1ccc(OC)c(NC(C)=O)c1)NC1CC1C. The lowest BCUT2D eigenvalue weighted by Crippen LogP contribution is -2.39. The van der Waals surface area contributed by atoms with Gasteiger partial charge in [0.25, 0.3) is 0 Å². The van der Waals surface area contributed by atoms with Gasteiger partial charge in [-0.15, -0.1) is 0 Å². The van der Waals surface area contributed by atoms with E-state index in [0.717, 1.165) is 18.1 Å². The molecule has 2 rings (SSSR count). The molecule has 1 amide bonds. The molecule has 1 aliphatic rings. The van der Waals surface area contributed by atoms with Crippen LogP contribution in [-0.2, 0) is 11.3 Å². The van der Waals surface area contributed by atoms with Gasteiger partial charge in [-0.3, -0.25) is 4.79 Å². The summed E-state index contributed by atoms with van der Waals surface area (Å²) in [4.78, 5) is 15.9. The number of nitrogens with zero attached hydrogens (tertiary/aromatic N) is 1. The summed E-state index contributed by atoms with van der Waals surface area (Å²) in [5.41, 5.74) is 1.68. The van der Waals surface area contributed by atoms with Crippen molar-refractivity contribution in [2.24, 2.45) is 10.9 Å². The average Bonchev–Trinajstić information content (AvgIpc) is 3.20. The van der Waals surface area contributed by atoms with Gasteiger partial charge < -0.3 is 20.7 Å². The monoisotopic (exact) mass is 318 g/mol. The minimum Gasteiger partial charge on any atom is -0.495 e. The Bertz CT molecular complexity index is 586. The molecule has 3 N–H and O–H groups in total. The van der Waals surface area contributed by atoms with Crippen LogP contribution in [0, 0.1) is 5.92 Å². The third-order valence-corrected chi connectivity index (χ3v) is 3.77. The average molecular weight is 318 g/mol. The summed E-state index contributed by atoms with van der Waals surface area (Å²) in [5.74, 6) is 2.07. The number of hydrogen-bond donors (Lipinski definition) is 3. The van der Waals surface area contributed by atoms with Crippen LogP contribution in [0.2, 0.25) is 0 Å². The molecular formula is C17H26N4O2. The van der Waals surface area contributed by atoms with Crippen molar-refractivity contribution in [1.82, 2.24) is 10.6 Å². The van der Waals surface area contributed by atoms with Gasteiger partial charge in [0.15, 0.2) is 5.96 Å². The number of amides is 1. The van der Waals surface area contributed by atoms with E-state index in [0.29, 0.717) is 29.9 Å². The number of ether oxygens (including phenoxy) is 1. The fourth-order valence-electron chi connectivity index (χ4n) is 2.33. The highest BCUT2D eigenvalue weighted by Gasteiger charge is 2.33. The summed E-state index contributed by atoms with van der Waals surface area (Å²) in [6.07, 6.45) is 1.19. The fourth-order valence-corrected chi connectivity index (χ4v) is 2.33. The van der Waals surface area contributed by atoms with Crippen molar-refractivity contribution in [3.8, 4) is 5.75 Å². The first-order valence-electron chi connectivity index (χ1n) is 8.02. The molecule has 0 radical (unpaired) electrons. The predicted molar refractivity (Wildman–Crippen MR) is 92.8 cm³/mol. The van der Waals surface area contributed by atoms with Crippen molar-refractivity contribution < 1.29 is 9.53 Å². The molecule has 0 bridgehead atoms. The highest BCUT2D eigenvalue weighted by Crippen LogP contribution is 2.29. The Kier molecular flexibility index (Phi) is 5.84. The number of benzene rings is 1. The van der Waals surface area contributed by atoms with Crippen molar-refractivity contribution in [2.45, 2.75) is 39.8 Å². The summed E-state index contributed by atoms with van der Waals surface area (Å²) >= 11 is 0. The third kappa shape index (κ3) is 5.16. The van der Waals surface area contributed by atoms with Gasteiger partial charge in [0, 0.05) is 19.5 Å². The van der Waals surface area contributed by atoms with Gasteiger partial charge in [0.2, 0.25) is 5.91 Å². The second-order valence-corrected chi connectivity index (χ2v) is 5.87. The maximum absolute atomic E-state index is 11.3. The smallest absolute Gasteiger partial charge is 0.221 e. The van der Waals surface area contributed by atoms with Crippen LogP contribution in [0.25, 0.3) is 0 Å². The third-order valence-electron chi connectivity index (χ3n) is 3.77. The minimum absolute atomic E-state index is 0.123. The molecule has 0 saturated heterocycles. The van der Waals surface area contributed by atoms with E-state index in [-0.39, 0.29) is 5.91 Å². The van der Waals surface area contributed by atoms with Crippen molar-refractivity contribution in [1.29, 1.82) is 0 Å². The van der Waals surface area contributed by atoms with E-state index >= 15 is 0 Å². The summed E-state index contributed by atoms with van der Waals surface area (Å²) in [6.45, 7) is 7.12. The number of aliphatic imine (C=N–C) groups is 1. The van der Waals surface area contributed by atoms with E-state index in [2.05, 4.69) is 34.8 Å². The van der Waals surface area contributed by atoms with E-state index in [4.69, 9.17) is 4.74 Å². The number of rotatable bonds is 6. The van der Waals surface area contributed by atoms with Gasteiger partial charge in [-0.05, 0) is 37.0 Å². The first kappa shape index (κ1) is 17.1. The lowest BCUT2D eigenvalue weighted by atomic mass is 10.2. The normalized spacial score (nSPS) is 19.9. The minimum atomic E-state index is -0.123. The maximum atomic E-state index is 11.3. The predicted octanol–water partition coefficient (Wildman–Crippen LogP) is 2.12. The van der Waals surface area contributed by atoms with Crippen LogP contribution in [0.4, 0.5) is 5.69 Å². The maximum Gasteiger partial charge on any atom is 0.221 e. The fraction of sp³-hybridized carbons (Fsp3) is 0.529. The molecule has 1 saturated carbocycles. The van der Waals surface area contributed by atoms with Crippen LogP contribution in [0.1, 0.15) is 32.8 Å². The first-order valence-corrected chi connectivity index (χ1v) is 8.02. The summed E-state index contributed by atoms with van der Waals surface area (Å²) in [7, 11) is 1.59. The zero-order valence-electron chi connectivity index (χ0n) is 14.3. The van der Waals surface area contributed by atoms with Crippen molar-refractivity contribution in [3.63, 3.8) is 0 Å². The molecule has 23 heavy (non-hydrogen) atoms. The van der Waals surface area contributed by atoms with Crippen molar-refractivity contribution in [3.05, 3.63) is 23.8 Å². The Morgan fingerprint density at radius 1 is 1.43 bits per heavy atom. The summed E-state index contributed by atoms with van der Waals surface area (Å²) in [6, 6.07) is 6.22. The van der Waals surface area contributed by atoms with Crippen molar-refractivity contribution in [2.75, 3.05) is 19.0 Å². The van der Waals surface area contributed by atoms with Crippen LogP contribution in [0.3, 0.4) is 0 Å². The molecule has 1 aliphatic carbocycles. The van der Waals surface area contributed by atoms with Gasteiger partial charge in [-0.25, -0.2) is 4.99 Å². The van der Waals surface area contributed by atoms with E-state index in [9.17, 15) is 4.79 Å². The van der Waals surface area contributed by atoms with E-state index in [1.807, 2.05) is 18.2 Å². The van der Waals surface area contributed by atoms with Gasteiger partial charge >= 0.3 is 0 Å². The molecule has 2 unspecified atom stereocenters. The standard InChI is InChI=1S/C17H26N4O2/c1-5-18-17(21-14-8-11(14)2)19-10-13-6-7-16(23-4)15(9-13)20-12(3)22/h6-7,9,11,14H,5,8,10H2,1-4H3,(H,20,22)(H2,18,19,21). The lowest BCUT2D eigenvalue weighted by molar-refractivity contribution is -0.114. The molecule has 6 heteroatoms. The van der Waals surface area contributed by atoms with Crippen LogP contribution >= 0.6 is 0 Å². The summed E-state index contributed by atoms with van der Waals surface area (Å²) < 4.78 is 5.26. The Balaban J connectivity index is 2.07. The molecular weight excluding hydrogens is 292 g/mol. The molecule has 126 valence electrons. The van der Waals surface area contributed by atoms with E-state index < -0.39 is 0 Å². The number of carbonyl (C=O) groups excluding carboxylic acids is 1. The second-order valence-electron chi connectivity index (χ2n) is 5.87. The Morgan fingerprint density at radius 2 is 2.17 bits per heavy atom. The highest BCUT2D eigenvalue weighted by atomic mass is 16.5. The number of guanidine groups is 1. The van der Waals surface area contributed by atoms with Gasteiger partial charge in [-0.2, -0.15) is 0 Å². The Hall–Kier alpha value is -2.24. The highest BCUT2D eigenvalue weighted by molar-refractivity contribution is 5.90. The zero-order valence-corrected chi connectivity index (χ0v) is 14.3. The van der Waals surface area contributed by atoms with Crippen LogP contribution in [-0.4, -0.2) is 31.6 Å². The van der Waals surface area contributed by atoms with Crippen molar-refractivity contribution >= 4 is 17.6 Å². The van der Waals surface area contributed by atoms with Crippen LogP contribution in [0.5, 0.6) is 5.75 Å². The molecule has 0 aromatic heterocycles. The molecule has 1 aromatic rings. The van der Waals surface area contributed by atoms with Crippen LogP contribution < -0.4 is 20.7 Å². The topological polar surface area (TPSA) is 74.8 Å². The molecule has 2 atom stereocenters. The largest absolute Gasteiger partial charge is 0.495 e. The molecule has 0 heterocycles. The Morgan fingerprint density at radius 3 is 2.74 bits per heavy atom. The molecule has 6 nitrogen and oxygen atoms in total. The van der Waals surface area contributed by atoms with Gasteiger partial charge in [0.05, 0.1) is 19.3 Å². The lowest BCUT2D eigenvalue weighted by Gasteiger charge is -2.12. The van der Waals surface area contributed by atoms with E-state index in [1.54, 1.807) is 7.11 Å². The number of methoxy groups -OCH3 is 1. The molecule has 0 aliphatic heterocycles. The number of anilines is 1. The Labute approximate surface area is 137 Å². The van der Waals surface area contributed by atoms with Gasteiger partial charge in [0.1, 0.15) is 5.75 Å². The number of nitrogens with one attached hydrogen (secondary N) is 3. The zero-order chi connectivity index (χ0) is 16.8. The number of carbonyl (C=O) groups is 1. The van der Waals surface area contributed by atoms with Crippen LogP contribution in [0.15, 0.2) is 23.2 Å². The quantitative estimate of drug-likeness (QED) is 0.555. The van der Waals surface area contributed by atoms with E-state index in [1.165, 1.54) is 13.3 Å². The summed E-state index contributed by atoms with van der Waals surface area (Å²) in [5, 5.41) is 9.47. The van der Waals surface area contributed by atoms with Gasteiger partial charge in [-0.1, -0.05) is 13.0 Å². The molecule has 0 spiro atoms. The molecule has 1 aromatic carbocycles.